The van der Waals surface area contributed by atoms with Crippen molar-refractivity contribution in [3.8, 4) is 0 Å². The number of rotatable bonds is 22. The van der Waals surface area contributed by atoms with Crippen molar-refractivity contribution in [2.45, 2.75) is 111 Å². The second-order valence-electron chi connectivity index (χ2n) is 13.7. The Morgan fingerprint density at radius 2 is 0.983 bits per heavy atom. The molecule has 1 rings (SSSR count). The third kappa shape index (κ3) is 34.9. The minimum Gasteiger partial charge on any atom is -0.298 e. The number of alkyl halides is 1. The molecule has 0 aliphatic carbocycles. The minimum atomic E-state index is -3.53. The molecule has 1 unspecified atom stereocenters. The molecular weight excluding hydrogens is 841 g/mol. The van der Waals surface area contributed by atoms with Crippen LogP contribution in [-0.4, -0.2) is 50.3 Å². The van der Waals surface area contributed by atoms with Gasteiger partial charge in [-0.15, -0.1) is 0 Å². The quantitative estimate of drug-likeness (QED) is 0.0369. The number of carbonyl (C=O) groups is 4. The van der Waals surface area contributed by atoms with Gasteiger partial charge in [-0.05, 0) is 128 Å². The monoisotopic (exact) mass is 904 g/mol. The number of sulfone groups is 1. The predicted octanol–water partition coefficient (Wildman–Crippen LogP) is 12.0. The summed E-state index contributed by atoms with van der Waals surface area (Å²) < 4.78 is 26.5. The summed E-state index contributed by atoms with van der Waals surface area (Å²) in [6.07, 6.45) is 34.7. The molecule has 8 nitrogen and oxygen atoms in total. The van der Waals surface area contributed by atoms with E-state index in [9.17, 15) is 27.6 Å². The molecule has 0 aliphatic rings. The van der Waals surface area contributed by atoms with E-state index < -0.39 is 15.1 Å². The first-order valence-corrected chi connectivity index (χ1v) is 22.2. The number of halogens is 1. The lowest BCUT2D eigenvalue weighted by Gasteiger charge is -2.15. The molecule has 0 heterocycles. The van der Waals surface area contributed by atoms with Crippen molar-refractivity contribution in [3.05, 3.63) is 160 Å². The van der Waals surface area contributed by atoms with Crippen molar-refractivity contribution in [1.82, 2.24) is 0 Å². The summed E-state index contributed by atoms with van der Waals surface area (Å²) in [5, 5.41) is 0.473. The molecular formula is C50H65BrO8S. The molecule has 1 aromatic rings. The fourth-order valence-electron chi connectivity index (χ4n) is 4.35. The lowest BCUT2D eigenvalue weighted by Crippen LogP contribution is -2.19. The zero-order valence-corrected chi connectivity index (χ0v) is 39.3. The Morgan fingerprint density at radius 3 is 1.37 bits per heavy atom. The molecule has 0 N–H and O–H groups in total. The third-order valence-corrected chi connectivity index (χ3v) is 10.7. The van der Waals surface area contributed by atoms with Crippen LogP contribution < -0.4 is 0 Å². The van der Waals surface area contributed by atoms with E-state index >= 15 is 0 Å². The van der Waals surface area contributed by atoms with Crippen molar-refractivity contribution in [3.63, 3.8) is 0 Å². The van der Waals surface area contributed by atoms with Gasteiger partial charge in [0.05, 0.1) is 10.1 Å². The Labute approximate surface area is 368 Å². The standard InChI is InChI=1S/C26H34O4S.C20H24O2.C3H7Br.CO2/c1-21(10-8-12-23(3)19-27)16-17-26(18-22(2)11-9-13-24(4)20-28)31(29,30)25-14-6-5-7-15-25;1-17(11-7-13-19(3)15-21)9-5-6-10-18(2)12-8-14-20(4)16-22;1-2-3-4;2-1-3/h5-7,12-16,18-20,26H,8-11,17H2,1-4H3;5-16H,1-4H3;2-3H2,1H3;/b21-16+,22-18+,23-12+,24-13+;6-5+,11-7+,12-8+,17-9+,18-10+,19-13+,20-14+;;. The number of carbonyl (C=O) groups excluding carboxylic acids is 6. The summed E-state index contributed by atoms with van der Waals surface area (Å²) in [5.74, 6) is 0. The van der Waals surface area contributed by atoms with Gasteiger partial charge in [0.15, 0.2) is 9.84 Å². The Kier molecular flexibility index (Phi) is 38.8. The van der Waals surface area contributed by atoms with Crippen molar-refractivity contribution >= 4 is 57.1 Å². The molecule has 326 valence electrons. The molecule has 0 saturated heterocycles. The minimum absolute atomic E-state index is 0.250. The lowest BCUT2D eigenvalue weighted by atomic mass is 10.1. The molecule has 10 heteroatoms. The Bertz CT molecular complexity index is 1870. The van der Waals surface area contributed by atoms with Gasteiger partial charge in [0.2, 0.25) is 0 Å². The van der Waals surface area contributed by atoms with Crippen molar-refractivity contribution < 1.29 is 37.2 Å². The first kappa shape index (κ1) is 59.2. The Morgan fingerprint density at radius 1 is 0.600 bits per heavy atom. The van der Waals surface area contributed by atoms with Crippen LogP contribution in [0.2, 0.25) is 0 Å². The molecule has 0 radical (unpaired) electrons. The number of hydrogen-bond acceptors (Lipinski definition) is 8. The van der Waals surface area contributed by atoms with Gasteiger partial charge < -0.3 is 0 Å². The highest BCUT2D eigenvalue weighted by atomic mass is 79.9. The van der Waals surface area contributed by atoms with Crippen molar-refractivity contribution in [2.75, 3.05) is 5.33 Å². The average molecular weight is 906 g/mol. The van der Waals surface area contributed by atoms with Crippen LogP contribution in [0.4, 0.5) is 0 Å². The van der Waals surface area contributed by atoms with E-state index in [0.717, 1.165) is 65.6 Å². The van der Waals surface area contributed by atoms with Gasteiger partial charge in [-0.2, -0.15) is 9.59 Å². The lowest BCUT2D eigenvalue weighted by molar-refractivity contribution is -0.191. The van der Waals surface area contributed by atoms with Crippen LogP contribution in [0.25, 0.3) is 0 Å². The van der Waals surface area contributed by atoms with Crippen LogP contribution in [0.15, 0.2) is 165 Å². The van der Waals surface area contributed by atoms with Gasteiger partial charge in [0.25, 0.3) is 0 Å². The fourth-order valence-corrected chi connectivity index (χ4v) is 6.00. The molecule has 0 bridgehead atoms. The summed E-state index contributed by atoms with van der Waals surface area (Å²) >= 11 is 3.25. The van der Waals surface area contributed by atoms with E-state index in [2.05, 4.69) is 22.9 Å². The largest absolute Gasteiger partial charge is 0.373 e. The van der Waals surface area contributed by atoms with E-state index in [0.29, 0.717) is 46.5 Å². The Balaban J connectivity index is -0.000000975. The van der Waals surface area contributed by atoms with Crippen molar-refractivity contribution in [2.24, 2.45) is 0 Å². The molecule has 0 saturated carbocycles. The highest BCUT2D eigenvalue weighted by Crippen LogP contribution is 2.23. The van der Waals surface area contributed by atoms with Crippen LogP contribution in [-0.2, 0) is 38.6 Å². The summed E-state index contributed by atoms with van der Waals surface area (Å²) in [7, 11) is -3.53. The second kappa shape index (κ2) is 39.3. The summed E-state index contributed by atoms with van der Waals surface area (Å²) in [5.41, 5.74) is 7.05. The second-order valence-corrected chi connectivity index (χ2v) is 16.6. The number of allylic oxidation sites excluding steroid dienone is 21. The van der Waals surface area contributed by atoms with Crippen LogP contribution in [0, 0.1) is 0 Å². The maximum absolute atomic E-state index is 13.3. The maximum Gasteiger partial charge on any atom is 0.373 e. The molecule has 0 aliphatic heterocycles. The van der Waals surface area contributed by atoms with Crippen LogP contribution in [0.5, 0.6) is 0 Å². The maximum atomic E-state index is 13.3. The van der Waals surface area contributed by atoms with Gasteiger partial charge in [0.1, 0.15) is 25.1 Å². The van der Waals surface area contributed by atoms with Gasteiger partial charge in [-0.3, -0.25) is 19.2 Å². The summed E-state index contributed by atoms with van der Waals surface area (Å²) in [6.45, 7) is 17.1. The topological polar surface area (TPSA) is 137 Å². The smallest absolute Gasteiger partial charge is 0.298 e. The highest BCUT2D eigenvalue weighted by molar-refractivity contribution is 9.09. The molecule has 0 amide bonds. The Hall–Kier alpha value is -5.15. The van der Waals surface area contributed by atoms with E-state index in [4.69, 9.17) is 9.59 Å². The summed E-state index contributed by atoms with van der Waals surface area (Å²) in [6, 6.07) is 8.53. The van der Waals surface area contributed by atoms with Crippen molar-refractivity contribution in [1.29, 1.82) is 0 Å². The van der Waals surface area contributed by atoms with Crippen LogP contribution >= 0.6 is 15.9 Å². The number of aldehydes is 4. The van der Waals surface area contributed by atoms with E-state index in [1.54, 1.807) is 70.2 Å². The molecule has 1 atom stereocenters. The molecule has 60 heavy (non-hydrogen) atoms. The molecule has 1 aromatic carbocycles. The fraction of sp³-hybridized carbons (Fsp3) is 0.340. The first-order chi connectivity index (χ1) is 28.5. The predicted molar refractivity (Wildman–Crippen MR) is 251 cm³/mol. The van der Waals surface area contributed by atoms with Crippen LogP contribution in [0.1, 0.15) is 101 Å². The number of benzene rings is 1. The first-order valence-electron chi connectivity index (χ1n) is 19.6. The average Bonchev–Trinajstić information content (AvgIpc) is 3.24. The van der Waals surface area contributed by atoms with Gasteiger partial charge >= 0.3 is 6.15 Å². The van der Waals surface area contributed by atoms with Crippen LogP contribution in [0.3, 0.4) is 0 Å². The third-order valence-electron chi connectivity index (χ3n) is 7.85. The van der Waals surface area contributed by atoms with Gasteiger partial charge in [-0.25, -0.2) is 8.42 Å². The summed E-state index contributed by atoms with van der Waals surface area (Å²) in [4.78, 5) is 58.8. The SMILES string of the molecule is C/C(C=O)=C\CC/C(C)=C/CC(/C=C(\C)CC/C=C(\C)C=O)S(=O)(=O)c1ccccc1.CCCBr.C\C(C=O)=C/C=C/C(C)=C/C=C/C=C(C)/C=C/C=C(\C)C=O.O=C=O. The zero-order chi connectivity index (χ0) is 46.2. The van der Waals surface area contributed by atoms with E-state index in [1.807, 2.05) is 101 Å². The highest BCUT2D eigenvalue weighted by Gasteiger charge is 2.24. The zero-order valence-electron chi connectivity index (χ0n) is 36.9. The van der Waals surface area contributed by atoms with E-state index in [-0.39, 0.29) is 6.15 Å². The number of hydrogen-bond donors (Lipinski definition) is 0. The normalized spacial score (nSPS) is 14.0. The van der Waals surface area contributed by atoms with E-state index in [1.165, 1.54) is 6.42 Å². The molecule has 0 spiro atoms. The van der Waals surface area contributed by atoms with Gasteiger partial charge in [0, 0.05) is 5.33 Å². The molecule has 0 fully saturated rings. The van der Waals surface area contributed by atoms with Gasteiger partial charge in [-0.1, -0.05) is 148 Å². The molecule has 0 aromatic heterocycles.